The van der Waals surface area contributed by atoms with Crippen LogP contribution in [0, 0.1) is 0 Å². The van der Waals surface area contributed by atoms with Gasteiger partial charge in [0.1, 0.15) is 11.5 Å². The van der Waals surface area contributed by atoms with Gasteiger partial charge in [0.25, 0.3) is 5.56 Å². The predicted molar refractivity (Wildman–Crippen MR) is 125 cm³/mol. The molecular formula is C26H24N4O2. The van der Waals surface area contributed by atoms with E-state index in [2.05, 4.69) is 32.3 Å². The third-order valence-corrected chi connectivity index (χ3v) is 5.49. The number of rotatable bonds is 6. The van der Waals surface area contributed by atoms with E-state index < -0.39 is 0 Å². The Morgan fingerprint density at radius 3 is 2.34 bits per heavy atom. The van der Waals surface area contributed by atoms with Crippen LogP contribution in [0.1, 0.15) is 16.8 Å². The van der Waals surface area contributed by atoms with Crippen LogP contribution in [-0.2, 0) is 19.5 Å². The summed E-state index contributed by atoms with van der Waals surface area (Å²) in [6, 6.07) is 27.5. The van der Waals surface area contributed by atoms with Crippen LogP contribution in [0.2, 0.25) is 0 Å². The van der Waals surface area contributed by atoms with Gasteiger partial charge in [-0.15, -0.1) is 0 Å². The van der Waals surface area contributed by atoms with E-state index in [9.17, 15) is 4.79 Å². The minimum atomic E-state index is -0.0840. The summed E-state index contributed by atoms with van der Waals surface area (Å²) in [5, 5.41) is 3.20. The van der Waals surface area contributed by atoms with Crippen molar-refractivity contribution in [2.75, 3.05) is 11.9 Å². The Balaban J connectivity index is 1.26. The summed E-state index contributed by atoms with van der Waals surface area (Å²) in [4.78, 5) is 22.6. The van der Waals surface area contributed by atoms with Crippen LogP contribution >= 0.6 is 0 Å². The Morgan fingerprint density at radius 2 is 1.59 bits per heavy atom. The number of para-hydroxylation sites is 1. The molecule has 2 heterocycles. The van der Waals surface area contributed by atoms with Crippen LogP contribution in [0.4, 0.5) is 11.6 Å². The van der Waals surface area contributed by atoms with Crippen LogP contribution in [0.25, 0.3) is 0 Å². The lowest BCUT2D eigenvalue weighted by molar-refractivity contribution is 0.242. The number of ether oxygens (including phenoxy) is 1. The molecular weight excluding hydrogens is 400 g/mol. The average molecular weight is 425 g/mol. The number of fused-ring (bicyclic) bond motifs is 1. The highest BCUT2D eigenvalue weighted by molar-refractivity contribution is 5.55. The second-order valence-electron chi connectivity index (χ2n) is 7.85. The second kappa shape index (κ2) is 9.08. The van der Waals surface area contributed by atoms with Crippen molar-refractivity contribution < 1.29 is 4.74 Å². The fourth-order valence-corrected chi connectivity index (χ4v) is 3.88. The summed E-state index contributed by atoms with van der Waals surface area (Å²) in [6.07, 6.45) is 0.755. The fourth-order valence-electron chi connectivity index (χ4n) is 3.88. The molecule has 32 heavy (non-hydrogen) atoms. The standard InChI is InChI=1S/C26H24N4O2/c31-25-23-18-30(17-19-7-3-1-4-8-19)16-15-24(23)28-26(29-25)27-20-11-13-22(14-12-20)32-21-9-5-2-6-10-21/h1-14H,15-18H2,(H2,27,28,29,31). The lowest BCUT2D eigenvalue weighted by atomic mass is 10.1. The number of H-pyrrole nitrogens is 1. The van der Waals surface area contributed by atoms with E-state index in [0.29, 0.717) is 12.5 Å². The van der Waals surface area contributed by atoms with Crippen molar-refractivity contribution in [1.29, 1.82) is 0 Å². The van der Waals surface area contributed by atoms with Gasteiger partial charge in [-0.2, -0.15) is 0 Å². The first-order valence-electron chi connectivity index (χ1n) is 10.7. The topological polar surface area (TPSA) is 70.2 Å². The van der Waals surface area contributed by atoms with Crippen LogP contribution < -0.4 is 15.6 Å². The highest BCUT2D eigenvalue weighted by Gasteiger charge is 2.21. The highest BCUT2D eigenvalue weighted by Crippen LogP contribution is 2.24. The molecule has 0 radical (unpaired) electrons. The molecule has 0 atom stereocenters. The molecule has 6 heteroatoms. The van der Waals surface area contributed by atoms with Gasteiger partial charge in [0.05, 0.1) is 11.3 Å². The fraction of sp³-hybridized carbons (Fsp3) is 0.154. The van der Waals surface area contributed by atoms with Gasteiger partial charge in [0.15, 0.2) is 0 Å². The number of anilines is 2. The van der Waals surface area contributed by atoms with Crippen molar-refractivity contribution in [2.45, 2.75) is 19.5 Å². The number of benzene rings is 3. The minimum Gasteiger partial charge on any atom is -0.457 e. The van der Waals surface area contributed by atoms with E-state index >= 15 is 0 Å². The second-order valence-corrected chi connectivity index (χ2v) is 7.85. The third-order valence-electron chi connectivity index (χ3n) is 5.49. The summed E-state index contributed by atoms with van der Waals surface area (Å²) in [5.74, 6) is 1.99. The van der Waals surface area contributed by atoms with Gasteiger partial charge in [-0.3, -0.25) is 14.7 Å². The minimum absolute atomic E-state index is 0.0840. The van der Waals surface area contributed by atoms with Crippen LogP contribution in [0.15, 0.2) is 89.7 Å². The quantitative estimate of drug-likeness (QED) is 0.462. The van der Waals surface area contributed by atoms with Gasteiger partial charge in [-0.1, -0.05) is 48.5 Å². The zero-order chi connectivity index (χ0) is 21.8. The SMILES string of the molecule is O=c1[nH]c(Nc2ccc(Oc3ccccc3)cc2)nc2c1CN(Cc1ccccc1)CC2. The molecule has 0 amide bonds. The summed E-state index contributed by atoms with van der Waals surface area (Å²) < 4.78 is 5.82. The molecule has 2 N–H and O–H groups in total. The molecule has 1 aliphatic heterocycles. The van der Waals surface area contributed by atoms with Crippen LogP contribution in [0.5, 0.6) is 11.5 Å². The Hall–Kier alpha value is -3.90. The molecule has 1 aliphatic rings. The number of aromatic nitrogens is 2. The van der Waals surface area contributed by atoms with Crippen molar-refractivity contribution in [3.8, 4) is 11.5 Å². The Kier molecular flexibility index (Phi) is 5.68. The van der Waals surface area contributed by atoms with Gasteiger partial charge in [0.2, 0.25) is 5.95 Å². The van der Waals surface area contributed by atoms with Crippen molar-refractivity contribution in [3.05, 3.63) is 112 Å². The number of nitrogens with zero attached hydrogens (tertiary/aromatic N) is 2. The molecule has 0 saturated carbocycles. The maximum absolute atomic E-state index is 12.7. The van der Waals surface area contributed by atoms with Gasteiger partial charge in [-0.25, -0.2) is 4.98 Å². The maximum Gasteiger partial charge on any atom is 0.257 e. The monoisotopic (exact) mass is 424 g/mol. The molecule has 0 spiro atoms. The molecule has 0 fully saturated rings. The first-order valence-corrected chi connectivity index (χ1v) is 10.7. The summed E-state index contributed by atoms with van der Waals surface area (Å²) in [6.45, 7) is 2.32. The molecule has 0 saturated heterocycles. The molecule has 0 aliphatic carbocycles. The molecule has 5 rings (SSSR count). The van der Waals surface area contributed by atoms with Crippen molar-refractivity contribution >= 4 is 11.6 Å². The van der Waals surface area contributed by atoms with Gasteiger partial charge < -0.3 is 10.1 Å². The maximum atomic E-state index is 12.7. The van der Waals surface area contributed by atoms with Crippen LogP contribution in [0.3, 0.4) is 0 Å². The first kappa shape index (κ1) is 20.0. The van der Waals surface area contributed by atoms with E-state index in [1.54, 1.807) is 0 Å². The Labute approximate surface area is 186 Å². The molecule has 4 aromatic rings. The summed E-state index contributed by atoms with van der Waals surface area (Å²) in [7, 11) is 0. The molecule has 3 aromatic carbocycles. The van der Waals surface area contributed by atoms with Gasteiger partial charge in [-0.05, 0) is 42.0 Å². The highest BCUT2D eigenvalue weighted by atomic mass is 16.5. The number of nitrogens with one attached hydrogen (secondary N) is 2. The molecule has 6 nitrogen and oxygen atoms in total. The third kappa shape index (κ3) is 4.71. The smallest absolute Gasteiger partial charge is 0.257 e. The zero-order valence-corrected chi connectivity index (χ0v) is 17.6. The summed E-state index contributed by atoms with van der Waals surface area (Å²) in [5.41, 5.74) is 3.61. The van der Waals surface area contributed by atoms with Gasteiger partial charge >= 0.3 is 0 Å². The van der Waals surface area contributed by atoms with Crippen molar-refractivity contribution in [2.24, 2.45) is 0 Å². The normalized spacial score (nSPS) is 13.4. The predicted octanol–water partition coefficient (Wildman–Crippen LogP) is 4.86. The number of aromatic amines is 1. The van der Waals surface area contributed by atoms with E-state index in [0.717, 1.165) is 48.0 Å². The average Bonchev–Trinajstić information content (AvgIpc) is 2.82. The Morgan fingerprint density at radius 1 is 0.906 bits per heavy atom. The molecule has 0 bridgehead atoms. The largest absolute Gasteiger partial charge is 0.457 e. The lowest BCUT2D eigenvalue weighted by Crippen LogP contribution is -2.35. The number of hydrogen-bond acceptors (Lipinski definition) is 5. The van der Waals surface area contributed by atoms with E-state index in [-0.39, 0.29) is 5.56 Å². The molecule has 160 valence electrons. The van der Waals surface area contributed by atoms with Crippen molar-refractivity contribution in [1.82, 2.24) is 14.9 Å². The van der Waals surface area contributed by atoms with E-state index in [1.165, 1.54) is 5.56 Å². The lowest BCUT2D eigenvalue weighted by Gasteiger charge is -2.27. The molecule has 1 aromatic heterocycles. The summed E-state index contributed by atoms with van der Waals surface area (Å²) >= 11 is 0. The van der Waals surface area contributed by atoms with Gasteiger partial charge in [0, 0.05) is 31.7 Å². The van der Waals surface area contributed by atoms with Crippen LogP contribution in [-0.4, -0.2) is 21.4 Å². The Bertz CT molecular complexity index is 1240. The van der Waals surface area contributed by atoms with E-state index in [4.69, 9.17) is 4.74 Å². The van der Waals surface area contributed by atoms with E-state index in [1.807, 2.05) is 72.8 Å². The first-order chi connectivity index (χ1) is 15.7. The van der Waals surface area contributed by atoms with Crippen molar-refractivity contribution in [3.63, 3.8) is 0 Å². The molecule has 0 unspecified atom stereocenters. The number of hydrogen-bond donors (Lipinski definition) is 2. The zero-order valence-electron chi connectivity index (χ0n) is 17.6.